The van der Waals surface area contributed by atoms with E-state index in [4.69, 9.17) is 0 Å². The normalized spacial score (nSPS) is 11.0. The molecule has 0 radical (unpaired) electrons. The number of amides is 2. The van der Waals surface area contributed by atoms with Crippen molar-refractivity contribution in [2.75, 3.05) is 5.32 Å². The van der Waals surface area contributed by atoms with Crippen LogP contribution in [0.25, 0.3) is 0 Å². The van der Waals surface area contributed by atoms with Gasteiger partial charge in [-0.05, 0) is 36.8 Å². The van der Waals surface area contributed by atoms with E-state index < -0.39 is 0 Å². The molecule has 0 fully saturated rings. The Morgan fingerprint density at radius 3 is 2.48 bits per heavy atom. The molecule has 2 N–H and O–H groups in total. The van der Waals surface area contributed by atoms with Crippen molar-refractivity contribution >= 4 is 23.2 Å². The summed E-state index contributed by atoms with van der Waals surface area (Å²) in [7, 11) is 0. The van der Waals surface area contributed by atoms with Crippen molar-refractivity contribution in [1.82, 2.24) is 10.4 Å². The van der Waals surface area contributed by atoms with Gasteiger partial charge in [0.25, 0.3) is 5.91 Å². The summed E-state index contributed by atoms with van der Waals surface area (Å²) in [6, 6.07) is 10.6. The zero-order chi connectivity index (χ0) is 16.7. The maximum absolute atomic E-state index is 11.9. The molecule has 0 spiro atoms. The number of rotatable bonds is 5. The number of nitrogens with zero attached hydrogens (tertiary/aromatic N) is 2. The molecule has 2 aromatic rings. The van der Waals surface area contributed by atoms with Gasteiger partial charge < -0.3 is 5.32 Å². The van der Waals surface area contributed by atoms with Gasteiger partial charge >= 0.3 is 0 Å². The van der Waals surface area contributed by atoms with Gasteiger partial charge in [0, 0.05) is 24.5 Å². The molecule has 6 heteroatoms. The van der Waals surface area contributed by atoms with Crippen LogP contribution in [0.15, 0.2) is 53.9 Å². The Morgan fingerprint density at radius 2 is 1.87 bits per heavy atom. The second-order valence-electron chi connectivity index (χ2n) is 4.86. The van der Waals surface area contributed by atoms with Gasteiger partial charge in [0.15, 0.2) is 0 Å². The average molecular weight is 310 g/mol. The van der Waals surface area contributed by atoms with Gasteiger partial charge in [-0.2, -0.15) is 5.10 Å². The molecule has 0 aliphatic rings. The lowest BCUT2D eigenvalue weighted by Gasteiger charge is -2.06. The van der Waals surface area contributed by atoms with E-state index in [-0.39, 0.29) is 11.8 Å². The van der Waals surface area contributed by atoms with E-state index in [0.717, 1.165) is 11.3 Å². The molecule has 0 saturated carbocycles. The Balaban J connectivity index is 2.00. The summed E-state index contributed by atoms with van der Waals surface area (Å²) >= 11 is 0. The number of aromatic nitrogens is 1. The van der Waals surface area contributed by atoms with Crippen LogP contribution in [-0.2, 0) is 4.79 Å². The fourth-order valence-electron chi connectivity index (χ4n) is 1.80. The molecule has 0 aliphatic heterocycles. The first-order chi connectivity index (χ1) is 11.1. The average Bonchev–Trinajstić information content (AvgIpc) is 2.60. The SMILES string of the molecule is CCC(=O)Nc1ccc(C(C)=NNC(=O)c2cccnc2)cc1. The number of pyridine rings is 1. The molecule has 0 atom stereocenters. The van der Waals surface area contributed by atoms with Crippen LogP contribution in [0.2, 0.25) is 0 Å². The first-order valence-electron chi connectivity index (χ1n) is 7.25. The summed E-state index contributed by atoms with van der Waals surface area (Å²) < 4.78 is 0. The number of carbonyl (C=O) groups is 2. The minimum Gasteiger partial charge on any atom is -0.326 e. The van der Waals surface area contributed by atoms with Crippen molar-refractivity contribution in [1.29, 1.82) is 0 Å². The van der Waals surface area contributed by atoms with Crippen molar-refractivity contribution < 1.29 is 9.59 Å². The molecule has 6 nitrogen and oxygen atoms in total. The maximum atomic E-state index is 11.9. The van der Waals surface area contributed by atoms with Crippen molar-refractivity contribution in [2.24, 2.45) is 5.10 Å². The van der Waals surface area contributed by atoms with E-state index in [9.17, 15) is 9.59 Å². The molecule has 1 aromatic heterocycles. The molecule has 1 aromatic carbocycles. The van der Waals surface area contributed by atoms with E-state index in [2.05, 4.69) is 20.8 Å². The third-order valence-corrected chi connectivity index (χ3v) is 3.16. The highest BCUT2D eigenvalue weighted by Crippen LogP contribution is 2.10. The molecule has 23 heavy (non-hydrogen) atoms. The topological polar surface area (TPSA) is 83.5 Å². The Hall–Kier alpha value is -3.02. The molecular formula is C17H18N4O2. The fourth-order valence-corrected chi connectivity index (χ4v) is 1.80. The van der Waals surface area contributed by atoms with Crippen LogP contribution in [-0.4, -0.2) is 22.5 Å². The van der Waals surface area contributed by atoms with E-state index in [1.165, 1.54) is 6.20 Å². The Labute approximate surface area is 134 Å². The second-order valence-corrected chi connectivity index (χ2v) is 4.86. The molecule has 1 heterocycles. The Kier molecular flexibility index (Phi) is 5.57. The highest BCUT2D eigenvalue weighted by molar-refractivity contribution is 6.01. The largest absolute Gasteiger partial charge is 0.326 e. The molecule has 2 amide bonds. The van der Waals surface area contributed by atoms with Gasteiger partial charge in [-0.1, -0.05) is 19.1 Å². The lowest BCUT2D eigenvalue weighted by Crippen LogP contribution is -2.19. The van der Waals surface area contributed by atoms with Gasteiger partial charge in [-0.25, -0.2) is 5.43 Å². The number of hydrogen-bond donors (Lipinski definition) is 2. The summed E-state index contributed by atoms with van der Waals surface area (Å²) in [5, 5.41) is 6.85. The van der Waals surface area contributed by atoms with E-state index in [1.807, 2.05) is 12.1 Å². The third kappa shape index (κ3) is 4.74. The third-order valence-electron chi connectivity index (χ3n) is 3.16. The number of carbonyl (C=O) groups excluding carboxylic acids is 2. The molecule has 0 unspecified atom stereocenters. The summed E-state index contributed by atoms with van der Waals surface area (Å²) in [6.07, 6.45) is 3.51. The molecule has 0 bridgehead atoms. The summed E-state index contributed by atoms with van der Waals surface area (Å²) in [4.78, 5) is 27.1. The Bertz CT molecular complexity index is 709. The standard InChI is InChI=1S/C17H18N4O2/c1-3-16(22)19-15-8-6-13(7-9-15)12(2)20-21-17(23)14-5-4-10-18-11-14/h4-11H,3H2,1-2H3,(H,19,22)(H,21,23). The smallest absolute Gasteiger partial charge is 0.272 e. The van der Waals surface area contributed by atoms with Crippen molar-refractivity contribution in [3.05, 3.63) is 59.9 Å². The number of hydrazone groups is 1. The predicted octanol–water partition coefficient (Wildman–Crippen LogP) is 2.58. The van der Waals surface area contributed by atoms with E-state index in [1.54, 1.807) is 44.3 Å². The van der Waals surface area contributed by atoms with Crippen molar-refractivity contribution in [2.45, 2.75) is 20.3 Å². The monoisotopic (exact) mass is 310 g/mol. The zero-order valence-corrected chi connectivity index (χ0v) is 13.0. The van der Waals surface area contributed by atoms with Gasteiger partial charge in [-0.15, -0.1) is 0 Å². The van der Waals surface area contributed by atoms with Crippen LogP contribution in [0.5, 0.6) is 0 Å². The maximum Gasteiger partial charge on any atom is 0.272 e. The summed E-state index contributed by atoms with van der Waals surface area (Å²) in [5.74, 6) is -0.351. The van der Waals surface area contributed by atoms with Gasteiger partial charge in [-0.3, -0.25) is 14.6 Å². The van der Waals surface area contributed by atoms with Crippen LogP contribution in [0.3, 0.4) is 0 Å². The van der Waals surface area contributed by atoms with Crippen LogP contribution in [0, 0.1) is 0 Å². The molecule has 2 rings (SSSR count). The second kappa shape index (κ2) is 7.84. The molecule has 0 saturated heterocycles. The van der Waals surface area contributed by atoms with Crippen LogP contribution < -0.4 is 10.7 Å². The van der Waals surface area contributed by atoms with Crippen molar-refractivity contribution in [3.63, 3.8) is 0 Å². The quantitative estimate of drug-likeness (QED) is 0.657. The summed E-state index contributed by atoms with van der Waals surface area (Å²) in [5.41, 5.74) is 5.18. The molecule has 118 valence electrons. The molecule has 0 aliphatic carbocycles. The first-order valence-corrected chi connectivity index (χ1v) is 7.25. The van der Waals surface area contributed by atoms with Gasteiger partial charge in [0.1, 0.15) is 0 Å². The first kappa shape index (κ1) is 16.4. The number of nitrogens with one attached hydrogen (secondary N) is 2. The van der Waals surface area contributed by atoms with Crippen LogP contribution >= 0.6 is 0 Å². The lowest BCUT2D eigenvalue weighted by atomic mass is 10.1. The Morgan fingerprint density at radius 1 is 1.13 bits per heavy atom. The van der Waals surface area contributed by atoms with E-state index in [0.29, 0.717) is 17.7 Å². The molecular weight excluding hydrogens is 292 g/mol. The van der Waals surface area contributed by atoms with Crippen LogP contribution in [0.4, 0.5) is 5.69 Å². The highest BCUT2D eigenvalue weighted by atomic mass is 16.2. The van der Waals surface area contributed by atoms with E-state index >= 15 is 0 Å². The number of benzene rings is 1. The van der Waals surface area contributed by atoms with Crippen LogP contribution in [0.1, 0.15) is 36.2 Å². The predicted molar refractivity (Wildman–Crippen MR) is 89.3 cm³/mol. The lowest BCUT2D eigenvalue weighted by molar-refractivity contribution is -0.115. The zero-order valence-electron chi connectivity index (χ0n) is 13.0. The van der Waals surface area contributed by atoms with Gasteiger partial charge in [0.05, 0.1) is 11.3 Å². The summed E-state index contributed by atoms with van der Waals surface area (Å²) in [6.45, 7) is 3.59. The highest BCUT2D eigenvalue weighted by Gasteiger charge is 2.05. The number of anilines is 1. The minimum atomic E-state index is -0.315. The van der Waals surface area contributed by atoms with Crippen molar-refractivity contribution in [3.8, 4) is 0 Å². The number of hydrogen-bond acceptors (Lipinski definition) is 4. The van der Waals surface area contributed by atoms with Gasteiger partial charge in [0.2, 0.25) is 5.91 Å². The minimum absolute atomic E-state index is 0.0353. The fraction of sp³-hybridized carbons (Fsp3) is 0.176.